The third kappa shape index (κ3) is 4.65. The molecule has 0 fully saturated rings. The van der Waals surface area contributed by atoms with Crippen molar-refractivity contribution < 1.29 is 0 Å². The summed E-state index contributed by atoms with van der Waals surface area (Å²) in [5, 5.41) is 8.19. The molecule has 0 saturated carbocycles. The first-order valence-electron chi connectivity index (χ1n) is 18.2. The van der Waals surface area contributed by atoms with Crippen molar-refractivity contribution in [3.63, 3.8) is 0 Å². The largest absolute Gasteiger partial charge is 0.113 e. The highest BCUT2D eigenvalue weighted by molar-refractivity contribution is 7.00. The van der Waals surface area contributed by atoms with E-state index in [2.05, 4.69) is 189 Å². The van der Waals surface area contributed by atoms with E-state index in [1.807, 2.05) is 0 Å². The fourth-order valence-corrected chi connectivity index (χ4v) is 11.9. The van der Waals surface area contributed by atoms with Crippen molar-refractivity contribution in [2.45, 2.75) is 25.4 Å². The molecule has 0 spiro atoms. The molecule has 3 aliphatic rings. The van der Waals surface area contributed by atoms with E-state index >= 15 is 0 Å². The number of benzene rings is 7. The summed E-state index contributed by atoms with van der Waals surface area (Å²) in [6.45, 7) is 5.07. The molecule has 0 radical (unpaired) electrons. The molecule has 0 aromatic heterocycles. The van der Waals surface area contributed by atoms with Crippen molar-refractivity contribution in [1.29, 1.82) is 0 Å². The summed E-state index contributed by atoms with van der Waals surface area (Å²) < 4.78 is 0. The smallest absolute Gasteiger partial charge is 0.0753 e. The maximum Gasteiger partial charge on any atom is 0.113 e. The normalized spacial score (nSPS) is 16.0. The Morgan fingerprint density at radius 2 is 1.06 bits per heavy atom. The Balaban J connectivity index is 1.07. The number of allylic oxidation sites excluding steroid dienone is 7. The molecule has 0 amide bonds. The van der Waals surface area contributed by atoms with E-state index in [9.17, 15) is 0 Å². The van der Waals surface area contributed by atoms with Gasteiger partial charge in [-0.1, -0.05) is 194 Å². The topological polar surface area (TPSA) is 0 Å². The number of rotatable bonds is 5. The Hall–Kier alpha value is -5.76. The van der Waals surface area contributed by atoms with Crippen molar-refractivity contribution in [3.05, 3.63) is 203 Å². The van der Waals surface area contributed by atoms with Crippen LogP contribution in [0.25, 0.3) is 55.4 Å². The first-order valence-corrected chi connectivity index (χ1v) is 21.2. The number of hydrogen-bond acceptors (Lipinski definition) is 0. The Labute approximate surface area is 301 Å². The molecular formula is C50H38Si. The lowest BCUT2D eigenvalue weighted by Gasteiger charge is -2.38. The number of fused-ring (bicyclic) bond motifs is 2. The van der Waals surface area contributed by atoms with Crippen LogP contribution in [-0.4, -0.2) is 8.07 Å². The number of hydrogen-bond donors (Lipinski definition) is 0. The Morgan fingerprint density at radius 3 is 1.67 bits per heavy atom. The maximum absolute atomic E-state index is 2.54. The van der Waals surface area contributed by atoms with Gasteiger partial charge in [0.2, 0.25) is 0 Å². The average Bonchev–Trinajstić information content (AvgIpc) is 3.19. The minimum absolute atomic E-state index is 0.307. The van der Waals surface area contributed by atoms with Crippen molar-refractivity contribution in [1.82, 2.24) is 0 Å². The molecule has 0 nitrogen and oxygen atoms in total. The third-order valence-corrected chi connectivity index (χ3v) is 15.3. The summed E-state index contributed by atoms with van der Waals surface area (Å²) in [5.74, 6) is 0.307. The molecule has 10 rings (SSSR count). The Bertz CT molecular complexity index is 2590. The second-order valence-corrected chi connectivity index (χ2v) is 19.1. The molecule has 1 heteroatoms. The predicted molar refractivity (Wildman–Crippen MR) is 222 cm³/mol. The monoisotopic (exact) mass is 666 g/mol. The highest BCUT2D eigenvalue weighted by Gasteiger charge is 2.37. The van der Waals surface area contributed by atoms with Gasteiger partial charge >= 0.3 is 0 Å². The summed E-state index contributed by atoms with van der Waals surface area (Å²) in [6, 6.07) is 54.2. The third-order valence-electron chi connectivity index (χ3n) is 11.7. The SMILES string of the molecule is C[Si](C)(c1ccc(-c2c3ccccc3c(-c3ccccc3)c3ccccc23)cc1)c1ccc2c3c1C=CC1=CC=C(c4ccccc4)C(=CC2)C13. The minimum Gasteiger partial charge on any atom is -0.0753 e. The van der Waals surface area contributed by atoms with Crippen LogP contribution in [0.2, 0.25) is 13.1 Å². The zero-order chi connectivity index (χ0) is 34.1. The van der Waals surface area contributed by atoms with E-state index < -0.39 is 8.07 Å². The molecule has 242 valence electrons. The molecule has 1 unspecified atom stereocenters. The summed E-state index contributed by atoms with van der Waals surface area (Å²) in [6.07, 6.45) is 13.0. The van der Waals surface area contributed by atoms with Crippen LogP contribution in [0.4, 0.5) is 0 Å². The predicted octanol–water partition coefficient (Wildman–Crippen LogP) is 11.8. The van der Waals surface area contributed by atoms with E-state index in [0.29, 0.717) is 5.92 Å². The lowest BCUT2D eigenvalue weighted by atomic mass is 9.68. The summed E-state index contributed by atoms with van der Waals surface area (Å²) in [7, 11) is -2.08. The van der Waals surface area contributed by atoms with Crippen LogP contribution in [0.1, 0.15) is 28.2 Å². The molecule has 0 N–H and O–H groups in total. The minimum atomic E-state index is -2.08. The molecule has 0 saturated heterocycles. The van der Waals surface area contributed by atoms with Crippen LogP contribution in [0, 0.1) is 0 Å². The van der Waals surface area contributed by atoms with E-state index in [1.54, 1.807) is 0 Å². The molecule has 51 heavy (non-hydrogen) atoms. The molecule has 7 aromatic rings. The van der Waals surface area contributed by atoms with Gasteiger partial charge in [0.25, 0.3) is 0 Å². The van der Waals surface area contributed by atoms with Gasteiger partial charge in [-0.15, -0.1) is 0 Å². The Kier molecular flexibility index (Phi) is 6.88. The van der Waals surface area contributed by atoms with Crippen LogP contribution < -0.4 is 10.4 Å². The van der Waals surface area contributed by atoms with Gasteiger partial charge in [-0.25, -0.2) is 0 Å². The zero-order valence-corrected chi connectivity index (χ0v) is 30.0. The summed E-state index contributed by atoms with van der Waals surface area (Å²) in [4.78, 5) is 0. The second kappa shape index (κ2) is 11.7. The molecule has 0 aliphatic heterocycles. The molecular weight excluding hydrogens is 629 g/mol. The van der Waals surface area contributed by atoms with Gasteiger partial charge in [0.15, 0.2) is 0 Å². The van der Waals surface area contributed by atoms with Gasteiger partial charge in [0, 0.05) is 5.92 Å². The van der Waals surface area contributed by atoms with Crippen molar-refractivity contribution in [3.8, 4) is 22.3 Å². The first kappa shape index (κ1) is 30.1. The first-order chi connectivity index (χ1) is 25.1. The van der Waals surface area contributed by atoms with Gasteiger partial charge in [-0.2, -0.15) is 0 Å². The molecule has 0 heterocycles. The van der Waals surface area contributed by atoms with Crippen LogP contribution in [0.5, 0.6) is 0 Å². The second-order valence-electron chi connectivity index (χ2n) is 14.8. The summed E-state index contributed by atoms with van der Waals surface area (Å²) >= 11 is 0. The van der Waals surface area contributed by atoms with Crippen molar-refractivity contribution in [2.24, 2.45) is 0 Å². The molecule has 3 aliphatic carbocycles. The van der Waals surface area contributed by atoms with Crippen molar-refractivity contribution in [2.75, 3.05) is 0 Å². The standard InChI is InChI=1S/C50H38Si/c1-51(2,46-32-26-37-24-30-44-39(33-13-5-3-6-14-33)29-23-36-25-31-45(46)50(37)49(36)44)38-27-21-35(22-28-38)48-42-19-11-9-17-40(42)47(34-15-7-4-8-16-34)41-18-10-12-20-43(41)48/h3-23,25-32,49H,24H2,1-2H3. The van der Waals surface area contributed by atoms with Gasteiger partial charge < -0.3 is 0 Å². The van der Waals surface area contributed by atoms with Crippen LogP contribution >= 0.6 is 0 Å². The van der Waals surface area contributed by atoms with Gasteiger partial charge in [0.05, 0.1) is 0 Å². The van der Waals surface area contributed by atoms with Crippen LogP contribution in [-0.2, 0) is 6.42 Å². The highest BCUT2D eigenvalue weighted by Crippen LogP contribution is 2.50. The molecule has 1 atom stereocenters. The molecule has 7 aromatic carbocycles. The van der Waals surface area contributed by atoms with Crippen LogP contribution in [0.3, 0.4) is 0 Å². The average molecular weight is 667 g/mol. The quantitative estimate of drug-likeness (QED) is 0.127. The fourth-order valence-electron chi connectivity index (χ4n) is 9.18. The zero-order valence-electron chi connectivity index (χ0n) is 29.0. The van der Waals surface area contributed by atoms with Crippen molar-refractivity contribution >= 4 is 51.6 Å². The van der Waals surface area contributed by atoms with Gasteiger partial charge in [0.1, 0.15) is 8.07 Å². The Morgan fingerprint density at radius 1 is 0.510 bits per heavy atom. The fraction of sp³-hybridized carbons (Fsp3) is 0.0800. The van der Waals surface area contributed by atoms with Gasteiger partial charge in [-0.3, -0.25) is 0 Å². The highest BCUT2D eigenvalue weighted by atomic mass is 28.3. The van der Waals surface area contributed by atoms with Crippen LogP contribution in [0.15, 0.2) is 181 Å². The van der Waals surface area contributed by atoms with E-state index in [0.717, 1.165) is 6.42 Å². The lowest BCUT2D eigenvalue weighted by molar-refractivity contribution is 0.900. The van der Waals surface area contributed by atoms with E-state index in [1.165, 1.54) is 93.1 Å². The van der Waals surface area contributed by atoms with E-state index in [-0.39, 0.29) is 0 Å². The van der Waals surface area contributed by atoms with Gasteiger partial charge in [-0.05, 0) is 94.4 Å². The maximum atomic E-state index is 2.54. The van der Waals surface area contributed by atoms with E-state index in [4.69, 9.17) is 0 Å². The lowest BCUT2D eigenvalue weighted by Crippen LogP contribution is -2.54. The summed E-state index contributed by atoms with van der Waals surface area (Å²) in [5.41, 5.74) is 15.2. The molecule has 0 bridgehead atoms.